The van der Waals surface area contributed by atoms with Crippen molar-refractivity contribution in [2.75, 3.05) is 6.61 Å². The number of rotatable bonds is 4. The van der Waals surface area contributed by atoms with Gasteiger partial charge in [-0.05, 0) is 13.8 Å². The van der Waals surface area contributed by atoms with Gasteiger partial charge in [-0.1, -0.05) is 6.58 Å². The lowest BCUT2D eigenvalue weighted by atomic mass is 10.2. The van der Waals surface area contributed by atoms with Gasteiger partial charge in [0, 0.05) is 11.6 Å². The number of aliphatic hydroxyl groups is 1. The molecule has 0 saturated carbocycles. The number of hydrogen-bond donors (Lipinski definition) is 2. The number of aliphatic hydroxyl groups excluding tert-OH is 1. The monoisotopic (exact) mass is 173 g/mol. The minimum Gasteiger partial charge on any atom is -0.460 e. The molecule has 2 atom stereocenters. The molecule has 0 bridgehead atoms. The van der Waals surface area contributed by atoms with Crippen molar-refractivity contribution in [3.8, 4) is 0 Å². The van der Waals surface area contributed by atoms with Crippen molar-refractivity contribution < 1.29 is 14.6 Å². The first kappa shape index (κ1) is 11.1. The van der Waals surface area contributed by atoms with Gasteiger partial charge in [-0.25, -0.2) is 4.79 Å². The Hall–Kier alpha value is -0.870. The highest BCUT2D eigenvalue weighted by atomic mass is 16.5. The van der Waals surface area contributed by atoms with Crippen LogP contribution in [0.1, 0.15) is 13.8 Å². The van der Waals surface area contributed by atoms with Crippen molar-refractivity contribution in [2.24, 2.45) is 5.73 Å². The fourth-order valence-electron chi connectivity index (χ4n) is 0.436. The molecule has 12 heavy (non-hydrogen) atoms. The summed E-state index contributed by atoms with van der Waals surface area (Å²) in [7, 11) is 0. The standard InChI is InChI=1S/C8H15NO3/c1-5(2)8(11)12-4-7(10)6(3)9/h6-7,10H,1,4,9H2,2-3H3. The highest BCUT2D eigenvalue weighted by Gasteiger charge is 2.12. The topological polar surface area (TPSA) is 72.5 Å². The van der Waals surface area contributed by atoms with Crippen LogP contribution in [0.2, 0.25) is 0 Å². The normalized spacial score (nSPS) is 15.0. The van der Waals surface area contributed by atoms with E-state index in [1.54, 1.807) is 13.8 Å². The van der Waals surface area contributed by atoms with E-state index in [2.05, 4.69) is 11.3 Å². The number of carbonyl (C=O) groups is 1. The van der Waals surface area contributed by atoms with Crippen LogP contribution in [-0.4, -0.2) is 29.8 Å². The Morgan fingerprint density at radius 3 is 2.58 bits per heavy atom. The van der Waals surface area contributed by atoms with Crippen LogP contribution in [0, 0.1) is 0 Å². The minimum atomic E-state index is -0.812. The lowest BCUT2D eigenvalue weighted by Crippen LogP contribution is -2.35. The highest BCUT2D eigenvalue weighted by molar-refractivity contribution is 5.86. The van der Waals surface area contributed by atoms with Crippen molar-refractivity contribution in [3.05, 3.63) is 12.2 Å². The van der Waals surface area contributed by atoms with Gasteiger partial charge in [0.25, 0.3) is 0 Å². The summed E-state index contributed by atoms with van der Waals surface area (Å²) in [6, 6.07) is -0.400. The third-order valence-electron chi connectivity index (χ3n) is 1.34. The van der Waals surface area contributed by atoms with Crippen molar-refractivity contribution >= 4 is 5.97 Å². The first-order chi connectivity index (χ1) is 5.45. The molecule has 0 aromatic heterocycles. The smallest absolute Gasteiger partial charge is 0.333 e. The predicted octanol–water partition coefficient (Wildman–Crippen LogP) is -0.186. The predicted molar refractivity (Wildman–Crippen MR) is 45.4 cm³/mol. The summed E-state index contributed by atoms with van der Waals surface area (Å²) in [5.41, 5.74) is 5.65. The SMILES string of the molecule is C=C(C)C(=O)OCC(O)C(C)N. The van der Waals surface area contributed by atoms with Crippen LogP contribution in [0.5, 0.6) is 0 Å². The number of carbonyl (C=O) groups excluding carboxylic acids is 1. The maximum Gasteiger partial charge on any atom is 0.333 e. The van der Waals surface area contributed by atoms with Gasteiger partial charge in [0.1, 0.15) is 12.7 Å². The van der Waals surface area contributed by atoms with Gasteiger partial charge in [0.2, 0.25) is 0 Å². The quantitative estimate of drug-likeness (QED) is 0.456. The lowest BCUT2D eigenvalue weighted by Gasteiger charge is -2.14. The van der Waals surface area contributed by atoms with Crippen LogP contribution in [0.4, 0.5) is 0 Å². The van der Waals surface area contributed by atoms with Gasteiger partial charge in [0.15, 0.2) is 0 Å². The molecule has 2 unspecified atom stereocenters. The van der Waals surface area contributed by atoms with Crippen LogP contribution in [0.3, 0.4) is 0 Å². The molecule has 0 saturated heterocycles. The summed E-state index contributed by atoms with van der Waals surface area (Å²) in [5.74, 6) is -0.505. The molecule has 0 fully saturated rings. The van der Waals surface area contributed by atoms with Crippen molar-refractivity contribution in [1.82, 2.24) is 0 Å². The summed E-state index contributed by atoms with van der Waals surface area (Å²) < 4.78 is 4.66. The van der Waals surface area contributed by atoms with Gasteiger partial charge >= 0.3 is 5.97 Å². The summed E-state index contributed by atoms with van der Waals surface area (Å²) in [5, 5.41) is 9.13. The van der Waals surface area contributed by atoms with Crippen LogP contribution in [0.15, 0.2) is 12.2 Å². The number of nitrogens with two attached hydrogens (primary N) is 1. The van der Waals surface area contributed by atoms with E-state index in [1.807, 2.05) is 0 Å². The molecule has 70 valence electrons. The maximum atomic E-state index is 10.8. The zero-order valence-corrected chi connectivity index (χ0v) is 7.41. The fourth-order valence-corrected chi connectivity index (χ4v) is 0.436. The third kappa shape index (κ3) is 4.10. The third-order valence-corrected chi connectivity index (χ3v) is 1.34. The molecule has 0 spiro atoms. The van der Waals surface area contributed by atoms with Gasteiger partial charge in [-0.2, -0.15) is 0 Å². The van der Waals surface area contributed by atoms with Gasteiger partial charge in [-0.15, -0.1) is 0 Å². The molecule has 0 aromatic rings. The fraction of sp³-hybridized carbons (Fsp3) is 0.625. The van der Waals surface area contributed by atoms with Crippen molar-refractivity contribution in [3.63, 3.8) is 0 Å². The van der Waals surface area contributed by atoms with Gasteiger partial charge in [-0.3, -0.25) is 0 Å². The Morgan fingerprint density at radius 1 is 1.75 bits per heavy atom. The Morgan fingerprint density at radius 2 is 2.25 bits per heavy atom. The van der Waals surface area contributed by atoms with E-state index in [4.69, 9.17) is 10.8 Å². The van der Waals surface area contributed by atoms with Crippen LogP contribution in [-0.2, 0) is 9.53 Å². The number of esters is 1. The first-order valence-electron chi connectivity index (χ1n) is 3.71. The highest BCUT2D eigenvalue weighted by Crippen LogP contribution is 1.95. The molecule has 0 aliphatic carbocycles. The van der Waals surface area contributed by atoms with E-state index >= 15 is 0 Å². The van der Waals surface area contributed by atoms with E-state index < -0.39 is 18.1 Å². The average molecular weight is 173 g/mol. The maximum absolute atomic E-state index is 10.8. The number of hydrogen-bond acceptors (Lipinski definition) is 4. The van der Waals surface area contributed by atoms with Gasteiger partial charge < -0.3 is 15.6 Å². The molecule has 0 aliphatic heterocycles. The summed E-state index contributed by atoms with van der Waals surface area (Å²) in [6.45, 7) is 6.49. The van der Waals surface area contributed by atoms with Gasteiger partial charge in [0.05, 0.1) is 0 Å². The second-order valence-electron chi connectivity index (χ2n) is 2.81. The van der Waals surface area contributed by atoms with Crippen LogP contribution < -0.4 is 5.73 Å². The van der Waals surface area contributed by atoms with E-state index in [0.717, 1.165) is 0 Å². The second-order valence-corrected chi connectivity index (χ2v) is 2.81. The van der Waals surface area contributed by atoms with E-state index in [0.29, 0.717) is 5.57 Å². The number of ether oxygens (including phenoxy) is 1. The lowest BCUT2D eigenvalue weighted by molar-refractivity contribution is -0.142. The molecule has 0 aliphatic rings. The Labute approximate surface area is 72.0 Å². The zero-order chi connectivity index (χ0) is 9.72. The average Bonchev–Trinajstić information content (AvgIpc) is 1.98. The molecule has 4 nitrogen and oxygen atoms in total. The zero-order valence-electron chi connectivity index (χ0n) is 7.41. The van der Waals surface area contributed by atoms with Crippen molar-refractivity contribution in [1.29, 1.82) is 0 Å². The first-order valence-corrected chi connectivity index (χ1v) is 3.71. The summed E-state index contributed by atoms with van der Waals surface area (Å²) in [4.78, 5) is 10.8. The summed E-state index contributed by atoms with van der Waals surface area (Å²) >= 11 is 0. The molecule has 0 radical (unpaired) electrons. The second kappa shape index (κ2) is 4.90. The summed E-state index contributed by atoms with van der Waals surface area (Å²) in [6.07, 6.45) is -0.812. The van der Waals surface area contributed by atoms with E-state index in [9.17, 15) is 4.79 Å². The molecule has 0 amide bonds. The van der Waals surface area contributed by atoms with Crippen LogP contribution in [0.25, 0.3) is 0 Å². The van der Waals surface area contributed by atoms with Crippen LogP contribution >= 0.6 is 0 Å². The van der Waals surface area contributed by atoms with E-state index in [-0.39, 0.29) is 6.61 Å². The Bertz CT molecular complexity index is 177. The molecule has 3 N–H and O–H groups in total. The molecular formula is C8H15NO3. The van der Waals surface area contributed by atoms with Crippen molar-refractivity contribution in [2.45, 2.75) is 26.0 Å². The molecular weight excluding hydrogens is 158 g/mol. The Balaban J connectivity index is 3.69. The molecule has 0 heterocycles. The molecule has 0 aromatic carbocycles. The largest absolute Gasteiger partial charge is 0.460 e. The molecule has 0 rings (SSSR count). The Kier molecular flexibility index (Phi) is 4.54. The van der Waals surface area contributed by atoms with E-state index in [1.165, 1.54) is 0 Å². The minimum absolute atomic E-state index is 0.0800. The molecule has 4 heteroatoms.